The second-order valence-electron chi connectivity index (χ2n) is 5.85. The molecule has 0 aliphatic carbocycles. The van der Waals surface area contributed by atoms with Gasteiger partial charge in [-0.15, -0.1) is 0 Å². The summed E-state index contributed by atoms with van der Waals surface area (Å²) in [5.74, 6) is 0.744. The van der Waals surface area contributed by atoms with E-state index in [9.17, 15) is 9.59 Å². The van der Waals surface area contributed by atoms with Gasteiger partial charge >= 0.3 is 0 Å². The molecule has 1 amide bonds. The minimum atomic E-state index is -0.0271. The van der Waals surface area contributed by atoms with E-state index in [0.29, 0.717) is 18.8 Å². The highest BCUT2D eigenvalue weighted by atomic mass is 16.2. The van der Waals surface area contributed by atoms with Gasteiger partial charge in [-0.1, -0.05) is 0 Å². The molecule has 0 spiro atoms. The zero-order valence-electron chi connectivity index (χ0n) is 13.0. The fraction of sp³-hybridized carbons (Fsp3) is 0.500. The van der Waals surface area contributed by atoms with Crippen LogP contribution in [-0.2, 0) is 17.9 Å². The zero-order valence-corrected chi connectivity index (χ0v) is 13.0. The molecule has 0 aromatic carbocycles. The van der Waals surface area contributed by atoms with Crippen molar-refractivity contribution < 1.29 is 9.59 Å². The van der Waals surface area contributed by atoms with Crippen LogP contribution >= 0.6 is 0 Å². The molecule has 3 heterocycles. The normalized spacial score (nSPS) is 21.1. The Morgan fingerprint density at radius 1 is 1.41 bits per heavy atom. The number of aliphatic imine (C=N–C) groups is 1. The molecule has 1 atom stereocenters. The highest BCUT2D eigenvalue weighted by Gasteiger charge is 2.28. The number of amides is 1. The third-order valence-electron chi connectivity index (χ3n) is 4.20. The lowest BCUT2D eigenvalue weighted by atomic mass is 10.2. The SMILES string of the molecule is CC(=O)c1cnc2n1CC(C)N(C(=O)/C=C/C1=NCCC1)C2. The first kappa shape index (κ1) is 14.7. The largest absolute Gasteiger partial charge is 0.327 e. The number of hydrogen-bond acceptors (Lipinski definition) is 4. The molecule has 0 radical (unpaired) electrons. The number of carbonyl (C=O) groups excluding carboxylic acids is 2. The molecule has 3 rings (SSSR count). The van der Waals surface area contributed by atoms with Crippen molar-refractivity contribution in [1.29, 1.82) is 0 Å². The van der Waals surface area contributed by atoms with Gasteiger partial charge in [0.2, 0.25) is 5.91 Å². The van der Waals surface area contributed by atoms with Crippen molar-refractivity contribution in [3.63, 3.8) is 0 Å². The van der Waals surface area contributed by atoms with Crippen molar-refractivity contribution in [2.24, 2.45) is 4.99 Å². The summed E-state index contributed by atoms with van der Waals surface area (Å²) in [5.41, 5.74) is 1.61. The molecule has 1 aromatic rings. The molecule has 116 valence electrons. The van der Waals surface area contributed by atoms with Crippen LogP contribution < -0.4 is 0 Å². The first-order chi connectivity index (χ1) is 10.6. The van der Waals surface area contributed by atoms with Gasteiger partial charge in [0.15, 0.2) is 5.78 Å². The Morgan fingerprint density at radius 3 is 2.91 bits per heavy atom. The summed E-state index contributed by atoms with van der Waals surface area (Å²) in [6, 6.07) is 0.0301. The van der Waals surface area contributed by atoms with Gasteiger partial charge in [-0.2, -0.15) is 0 Å². The van der Waals surface area contributed by atoms with Crippen LogP contribution in [0.15, 0.2) is 23.3 Å². The molecular formula is C16H20N4O2. The van der Waals surface area contributed by atoms with E-state index >= 15 is 0 Å². The number of hydrogen-bond donors (Lipinski definition) is 0. The molecule has 0 N–H and O–H groups in total. The summed E-state index contributed by atoms with van der Waals surface area (Å²) >= 11 is 0. The van der Waals surface area contributed by atoms with Gasteiger partial charge < -0.3 is 9.47 Å². The number of rotatable bonds is 3. The lowest BCUT2D eigenvalue weighted by Gasteiger charge is -2.33. The van der Waals surface area contributed by atoms with E-state index in [1.807, 2.05) is 17.6 Å². The van der Waals surface area contributed by atoms with Crippen LogP contribution in [0.5, 0.6) is 0 Å². The predicted molar refractivity (Wildman–Crippen MR) is 82.9 cm³/mol. The van der Waals surface area contributed by atoms with E-state index in [1.54, 1.807) is 17.2 Å². The highest BCUT2D eigenvalue weighted by molar-refractivity contribution is 6.01. The fourth-order valence-electron chi connectivity index (χ4n) is 2.95. The number of ketones is 1. The van der Waals surface area contributed by atoms with Gasteiger partial charge in [-0.05, 0) is 25.8 Å². The average Bonchev–Trinajstić information content (AvgIpc) is 3.12. The van der Waals surface area contributed by atoms with Gasteiger partial charge in [0.25, 0.3) is 0 Å². The monoisotopic (exact) mass is 300 g/mol. The van der Waals surface area contributed by atoms with E-state index < -0.39 is 0 Å². The Morgan fingerprint density at radius 2 is 2.23 bits per heavy atom. The number of allylic oxidation sites excluding steroid dienone is 1. The number of fused-ring (bicyclic) bond motifs is 1. The van der Waals surface area contributed by atoms with Crippen molar-refractivity contribution in [2.75, 3.05) is 6.54 Å². The van der Waals surface area contributed by atoms with E-state index in [1.165, 1.54) is 6.92 Å². The number of Topliss-reactive ketones (excluding diaryl/α,β-unsaturated/α-hetero) is 1. The Bertz CT molecular complexity index is 672. The van der Waals surface area contributed by atoms with Crippen LogP contribution in [0.2, 0.25) is 0 Å². The highest BCUT2D eigenvalue weighted by Crippen LogP contribution is 2.20. The molecule has 0 saturated carbocycles. The van der Waals surface area contributed by atoms with Crippen LogP contribution in [-0.4, -0.2) is 44.4 Å². The maximum absolute atomic E-state index is 12.4. The van der Waals surface area contributed by atoms with E-state index in [0.717, 1.165) is 30.9 Å². The molecule has 0 bridgehead atoms. The number of carbonyl (C=O) groups is 2. The Hall–Kier alpha value is -2.24. The maximum Gasteiger partial charge on any atom is 0.247 e. The first-order valence-electron chi connectivity index (χ1n) is 7.63. The van der Waals surface area contributed by atoms with Gasteiger partial charge in [0.05, 0.1) is 12.7 Å². The van der Waals surface area contributed by atoms with Crippen molar-refractivity contribution in [3.05, 3.63) is 29.9 Å². The molecule has 1 unspecified atom stereocenters. The van der Waals surface area contributed by atoms with E-state index in [4.69, 9.17) is 0 Å². The first-order valence-corrected chi connectivity index (χ1v) is 7.63. The number of nitrogens with zero attached hydrogens (tertiary/aromatic N) is 4. The summed E-state index contributed by atoms with van der Waals surface area (Å²) in [6.07, 6.45) is 7.04. The Balaban J connectivity index is 1.75. The number of imidazole rings is 1. The Labute approximate surface area is 129 Å². The smallest absolute Gasteiger partial charge is 0.247 e. The van der Waals surface area contributed by atoms with Gasteiger partial charge in [0, 0.05) is 37.8 Å². The standard InChI is InChI=1S/C16H20N4O2/c1-11-9-20-14(12(2)21)8-18-15(20)10-19(11)16(22)6-5-13-4-3-7-17-13/h5-6,8,11H,3-4,7,9-10H2,1-2H3/b6-5+. The quantitative estimate of drug-likeness (QED) is 0.629. The summed E-state index contributed by atoms with van der Waals surface area (Å²) in [4.78, 5) is 34.4. The molecular weight excluding hydrogens is 280 g/mol. The van der Waals surface area contributed by atoms with Crippen LogP contribution in [0.3, 0.4) is 0 Å². The molecule has 0 saturated heterocycles. The molecule has 2 aliphatic heterocycles. The van der Waals surface area contributed by atoms with Crippen LogP contribution in [0.25, 0.3) is 0 Å². The average molecular weight is 300 g/mol. The van der Waals surface area contributed by atoms with Crippen molar-refractivity contribution in [2.45, 2.75) is 45.8 Å². The minimum Gasteiger partial charge on any atom is -0.327 e. The lowest BCUT2D eigenvalue weighted by Crippen LogP contribution is -2.44. The van der Waals surface area contributed by atoms with E-state index in [-0.39, 0.29) is 17.7 Å². The van der Waals surface area contributed by atoms with Crippen LogP contribution in [0.4, 0.5) is 0 Å². The van der Waals surface area contributed by atoms with Gasteiger partial charge in [0.1, 0.15) is 11.5 Å². The summed E-state index contributed by atoms with van der Waals surface area (Å²) < 4.78 is 1.92. The van der Waals surface area contributed by atoms with Crippen molar-refractivity contribution in [3.8, 4) is 0 Å². The van der Waals surface area contributed by atoms with Crippen molar-refractivity contribution >= 4 is 17.4 Å². The van der Waals surface area contributed by atoms with E-state index in [2.05, 4.69) is 9.98 Å². The third-order valence-corrected chi connectivity index (χ3v) is 4.20. The number of aromatic nitrogens is 2. The van der Waals surface area contributed by atoms with Gasteiger partial charge in [-0.3, -0.25) is 14.6 Å². The lowest BCUT2D eigenvalue weighted by molar-refractivity contribution is -0.129. The summed E-state index contributed by atoms with van der Waals surface area (Å²) in [5, 5.41) is 0. The molecule has 6 nitrogen and oxygen atoms in total. The third kappa shape index (κ3) is 2.73. The molecule has 6 heteroatoms. The molecule has 22 heavy (non-hydrogen) atoms. The Kier molecular flexibility index (Phi) is 3.92. The fourth-order valence-corrected chi connectivity index (χ4v) is 2.95. The second kappa shape index (κ2) is 5.87. The minimum absolute atomic E-state index is 0.00451. The zero-order chi connectivity index (χ0) is 15.7. The second-order valence-corrected chi connectivity index (χ2v) is 5.85. The van der Waals surface area contributed by atoms with Crippen LogP contribution in [0.1, 0.15) is 43.0 Å². The topological polar surface area (TPSA) is 67.6 Å². The molecule has 0 fully saturated rings. The predicted octanol–water partition coefficient (Wildman–Crippen LogP) is 1.61. The van der Waals surface area contributed by atoms with Crippen molar-refractivity contribution in [1.82, 2.24) is 14.5 Å². The maximum atomic E-state index is 12.4. The van der Waals surface area contributed by atoms with Crippen LogP contribution in [0, 0.1) is 0 Å². The summed E-state index contributed by atoms with van der Waals surface area (Å²) in [7, 11) is 0. The summed E-state index contributed by atoms with van der Waals surface area (Å²) in [6.45, 7) is 5.43. The molecule has 1 aromatic heterocycles. The molecule has 2 aliphatic rings. The van der Waals surface area contributed by atoms with Gasteiger partial charge in [-0.25, -0.2) is 4.98 Å².